The van der Waals surface area contributed by atoms with Crippen LogP contribution in [0.25, 0.3) is 0 Å². The van der Waals surface area contributed by atoms with Crippen molar-refractivity contribution in [1.82, 2.24) is 14.8 Å². The SMILES string of the molecule is CCc1ccc(C(=O)N2CCN(c3nc(CN4CCC(C)CC4)cs3)CC2)cc1. The maximum Gasteiger partial charge on any atom is 0.253 e. The average molecular weight is 413 g/mol. The molecule has 2 aromatic rings. The molecule has 0 N–H and O–H groups in total. The quantitative estimate of drug-likeness (QED) is 0.747. The monoisotopic (exact) mass is 412 g/mol. The zero-order valence-corrected chi connectivity index (χ0v) is 18.5. The molecule has 29 heavy (non-hydrogen) atoms. The predicted octanol–water partition coefficient (Wildman–Crippen LogP) is 3.90. The Bertz CT molecular complexity index is 803. The first kappa shape index (κ1) is 20.4. The van der Waals surface area contributed by atoms with Crippen molar-refractivity contribution >= 4 is 22.4 Å². The fourth-order valence-electron chi connectivity index (χ4n) is 4.13. The topological polar surface area (TPSA) is 39.7 Å². The Kier molecular flexibility index (Phi) is 6.50. The average Bonchev–Trinajstić information content (AvgIpc) is 3.23. The van der Waals surface area contributed by atoms with E-state index in [2.05, 4.69) is 41.2 Å². The minimum absolute atomic E-state index is 0.145. The normalized spacial score (nSPS) is 19.0. The van der Waals surface area contributed by atoms with Crippen LogP contribution in [0.2, 0.25) is 0 Å². The van der Waals surface area contributed by atoms with Crippen LogP contribution in [-0.4, -0.2) is 60.0 Å². The van der Waals surface area contributed by atoms with Crippen LogP contribution < -0.4 is 4.90 Å². The first-order valence-corrected chi connectivity index (χ1v) is 11.8. The van der Waals surface area contributed by atoms with Crippen LogP contribution in [0, 0.1) is 5.92 Å². The Hall–Kier alpha value is -1.92. The number of aromatic nitrogens is 1. The second-order valence-electron chi connectivity index (χ2n) is 8.41. The van der Waals surface area contributed by atoms with Crippen LogP contribution in [0.1, 0.15) is 48.3 Å². The number of piperazine rings is 1. The van der Waals surface area contributed by atoms with Crippen LogP contribution in [0.15, 0.2) is 29.6 Å². The molecular formula is C23H32N4OS. The van der Waals surface area contributed by atoms with Gasteiger partial charge in [-0.3, -0.25) is 9.69 Å². The number of rotatable bonds is 5. The fraction of sp³-hybridized carbons (Fsp3) is 0.565. The molecule has 2 saturated heterocycles. The Labute approximate surface area is 178 Å². The lowest BCUT2D eigenvalue weighted by Crippen LogP contribution is -2.48. The summed E-state index contributed by atoms with van der Waals surface area (Å²) in [6.07, 6.45) is 3.60. The molecule has 3 heterocycles. The van der Waals surface area contributed by atoms with Gasteiger partial charge in [0, 0.05) is 43.7 Å². The molecule has 1 amide bonds. The highest BCUT2D eigenvalue weighted by molar-refractivity contribution is 7.13. The second kappa shape index (κ2) is 9.26. The highest BCUT2D eigenvalue weighted by Gasteiger charge is 2.24. The first-order valence-electron chi connectivity index (χ1n) is 10.9. The molecule has 2 fully saturated rings. The minimum Gasteiger partial charge on any atom is -0.345 e. The lowest BCUT2D eigenvalue weighted by atomic mass is 9.99. The van der Waals surface area contributed by atoms with E-state index in [1.165, 1.54) is 37.2 Å². The van der Waals surface area contributed by atoms with Gasteiger partial charge in [-0.15, -0.1) is 11.3 Å². The van der Waals surface area contributed by atoms with Crippen molar-refractivity contribution in [2.24, 2.45) is 5.92 Å². The van der Waals surface area contributed by atoms with Gasteiger partial charge >= 0.3 is 0 Å². The standard InChI is InChI=1S/C23H32N4OS/c1-3-19-4-6-20(7-5-19)22(28)26-12-14-27(15-13-26)23-24-21(17-29-23)16-25-10-8-18(2)9-11-25/h4-7,17-18H,3,8-16H2,1-2H3. The Morgan fingerprint density at radius 2 is 1.76 bits per heavy atom. The van der Waals surface area contributed by atoms with E-state index in [9.17, 15) is 4.79 Å². The zero-order chi connectivity index (χ0) is 20.2. The summed E-state index contributed by atoms with van der Waals surface area (Å²) >= 11 is 1.74. The molecule has 1 aromatic heterocycles. The highest BCUT2D eigenvalue weighted by atomic mass is 32.1. The number of anilines is 1. The third kappa shape index (κ3) is 4.98. The highest BCUT2D eigenvalue weighted by Crippen LogP contribution is 2.24. The molecule has 2 aliphatic heterocycles. The van der Waals surface area contributed by atoms with Crippen LogP contribution in [-0.2, 0) is 13.0 Å². The maximum absolute atomic E-state index is 12.8. The molecule has 0 bridgehead atoms. The maximum atomic E-state index is 12.8. The van der Waals surface area contributed by atoms with Crippen LogP contribution >= 0.6 is 11.3 Å². The Balaban J connectivity index is 1.29. The number of nitrogens with zero attached hydrogens (tertiary/aromatic N) is 4. The van der Waals surface area contributed by atoms with E-state index in [0.717, 1.165) is 55.8 Å². The molecule has 0 unspecified atom stereocenters. The van der Waals surface area contributed by atoms with Gasteiger partial charge in [0.2, 0.25) is 0 Å². The third-order valence-corrected chi connectivity index (χ3v) is 7.20. The molecule has 0 radical (unpaired) electrons. The summed E-state index contributed by atoms with van der Waals surface area (Å²) in [5, 5.41) is 3.31. The molecule has 2 aliphatic rings. The number of piperidine rings is 1. The largest absolute Gasteiger partial charge is 0.345 e. The van der Waals surface area contributed by atoms with Crippen LogP contribution in [0.4, 0.5) is 5.13 Å². The van der Waals surface area contributed by atoms with Gasteiger partial charge in [-0.2, -0.15) is 0 Å². The second-order valence-corrected chi connectivity index (χ2v) is 9.25. The smallest absolute Gasteiger partial charge is 0.253 e. The number of benzene rings is 1. The minimum atomic E-state index is 0.145. The van der Waals surface area contributed by atoms with Gasteiger partial charge in [0.15, 0.2) is 5.13 Å². The van der Waals surface area contributed by atoms with E-state index < -0.39 is 0 Å². The summed E-state index contributed by atoms with van der Waals surface area (Å²) in [5.41, 5.74) is 3.25. The number of likely N-dealkylation sites (tertiary alicyclic amines) is 1. The van der Waals surface area contributed by atoms with E-state index >= 15 is 0 Å². The number of carbonyl (C=O) groups is 1. The van der Waals surface area contributed by atoms with Gasteiger partial charge in [0.1, 0.15) is 0 Å². The van der Waals surface area contributed by atoms with E-state index in [4.69, 9.17) is 4.98 Å². The van der Waals surface area contributed by atoms with E-state index in [1.54, 1.807) is 11.3 Å². The molecule has 0 atom stereocenters. The summed E-state index contributed by atoms with van der Waals surface area (Å²) in [7, 11) is 0. The van der Waals surface area contributed by atoms with Crippen molar-refractivity contribution < 1.29 is 4.79 Å². The molecule has 1 aromatic carbocycles. The molecule has 156 valence electrons. The van der Waals surface area contributed by atoms with Gasteiger partial charge in [0.05, 0.1) is 5.69 Å². The number of thiazole rings is 1. The number of amides is 1. The lowest BCUT2D eigenvalue weighted by molar-refractivity contribution is 0.0746. The molecule has 0 aliphatic carbocycles. The van der Waals surface area contributed by atoms with Crippen LogP contribution in [0.3, 0.4) is 0 Å². The van der Waals surface area contributed by atoms with Crippen molar-refractivity contribution in [3.8, 4) is 0 Å². The van der Waals surface area contributed by atoms with Crippen molar-refractivity contribution in [3.05, 3.63) is 46.5 Å². The summed E-state index contributed by atoms with van der Waals surface area (Å²) < 4.78 is 0. The molecule has 0 saturated carbocycles. The van der Waals surface area contributed by atoms with Gasteiger partial charge in [-0.25, -0.2) is 4.98 Å². The molecule has 6 heteroatoms. The van der Waals surface area contributed by atoms with E-state index in [1.807, 2.05) is 17.0 Å². The summed E-state index contributed by atoms with van der Waals surface area (Å²) in [6.45, 7) is 11.0. The molecular weight excluding hydrogens is 380 g/mol. The molecule has 4 rings (SSSR count). The van der Waals surface area contributed by atoms with Gasteiger partial charge < -0.3 is 9.80 Å². The number of carbonyl (C=O) groups excluding carboxylic acids is 1. The Morgan fingerprint density at radius 3 is 2.41 bits per heavy atom. The zero-order valence-electron chi connectivity index (χ0n) is 17.6. The third-order valence-electron chi connectivity index (χ3n) is 6.25. The van der Waals surface area contributed by atoms with Crippen LogP contribution in [0.5, 0.6) is 0 Å². The Morgan fingerprint density at radius 1 is 1.07 bits per heavy atom. The first-order chi connectivity index (χ1) is 14.1. The van der Waals surface area contributed by atoms with Crippen molar-refractivity contribution in [2.75, 3.05) is 44.2 Å². The molecule has 0 spiro atoms. The van der Waals surface area contributed by atoms with Gasteiger partial charge in [0.25, 0.3) is 5.91 Å². The predicted molar refractivity (Wildman–Crippen MR) is 120 cm³/mol. The summed E-state index contributed by atoms with van der Waals surface area (Å²) in [5.74, 6) is 1.01. The van der Waals surface area contributed by atoms with Gasteiger partial charge in [-0.05, 0) is 56.0 Å². The van der Waals surface area contributed by atoms with E-state index in [-0.39, 0.29) is 5.91 Å². The number of aryl methyl sites for hydroxylation is 1. The number of hydrogen-bond acceptors (Lipinski definition) is 5. The summed E-state index contributed by atoms with van der Waals surface area (Å²) in [6, 6.07) is 8.04. The van der Waals surface area contributed by atoms with E-state index in [0.29, 0.717) is 0 Å². The molecule has 5 nitrogen and oxygen atoms in total. The lowest BCUT2D eigenvalue weighted by Gasteiger charge is -2.34. The summed E-state index contributed by atoms with van der Waals surface area (Å²) in [4.78, 5) is 24.5. The van der Waals surface area contributed by atoms with Crippen molar-refractivity contribution in [2.45, 2.75) is 39.7 Å². The van der Waals surface area contributed by atoms with Crippen molar-refractivity contribution in [3.63, 3.8) is 0 Å². The number of hydrogen-bond donors (Lipinski definition) is 0. The van der Waals surface area contributed by atoms with Gasteiger partial charge in [-0.1, -0.05) is 26.0 Å². The fourth-order valence-corrected chi connectivity index (χ4v) is 5.00. The van der Waals surface area contributed by atoms with Crippen molar-refractivity contribution in [1.29, 1.82) is 0 Å².